The number of carboxylic acids is 1. The Kier molecular flexibility index (Phi) is 8.24. The second kappa shape index (κ2) is 11.3. The second-order valence-electron chi connectivity index (χ2n) is 9.16. The summed E-state index contributed by atoms with van der Waals surface area (Å²) >= 11 is 0. The smallest absolute Gasteiger partial charge is 0.335 e. The number of ether oxygens (including phenoxy) is 1. The summed E-state index contributed by atoms with van der Waals surface area (Å²) in [6.45, 7) is 2.90. The van der Waals surface area contributed by atoms with Crippen LogP contribution >= 0.6 is 0 Å². The molecule has 0 saturated carbocycles. The lowest BCUT2D eigenvalue weighted by Gasteiger charge is -2.36. The van der Waals surface area contributed by atoms with E-state index in [-0.39, 0.29) is 23.6 Å². The van der Waals surface area contributed by atoms with Gasteiger partial charge in [0, 0.05) is 19.1 Å². The molecule has 1 fully saturated rings. The number of nitrogens with zero attached hydrogens (tertiary/aromatic N) is 2. The average molecular weight is 487 g/mol. The maximum absolute atomic E-state index is 13.4. The third kappa shape index (κ3) is 6.17. The zero-order chi connectivity index (χ0) is 24.0. The van der Waals surface area contributed by atoms with Gasteiger partial charge in [-0.1, -0.05) is 24.6 Å². The Morgan fingerprint density at radius 3 is 2.50 bits per heavy atom. The molecule has 184 valence electrons. The van der Waals surface area contributed by atoms with Crippen molar-refractivity contribution in [3.05, 3.63) is 59.7 Å². The first-order chi connectivity index (χ1) is 16.4. The van der Waals surface area contributed by atoms with E-state index < -0.39 is 16.0 Å². The molecule has 0 aromatic heterocycles. The van der Waals surface area contributed by atoms with E-state index in [2.05, 4.69) is 17.0 Å². The molecule has 2 heterocycles. The zero-order valence-electron chi connectivity index (χ0n) is 19.6. The molecule has 2 bridgehead atoms. The first-order valence-corrected chi connectivity index (χ1v) is 13.7. The predicted molar refractivity (Wildman–Crippen MR) is 131 cm³/mol. The van der Waals surface area contributed by atoms with Crippen LogP contribution in [0.3, 0.4) is 0 Å². The van der Waals surface area contributed by atoms with Crippen molar-refractivity contribution in [3.63, 3.8) is 0 Å². The third-order valence-corrected chi connectivity index (χ3v) is 8.74. The SMILES string of the molecule is O=C(O)c1cccc(S(=O)(=O)N2CCCCN3CCCCC3CCc3cccc(c3)OCC2)c1. The zero-order valence-corrected chi connectivity index (χ0v) is 20.4. The number of rotatable bonds is 3. The summed E-state index contributed by atoms with van der Waals surface area (Å²) in [5.41, 5.74) is 1.21. The van der Waals surface area contributed by atoms with Crippen molar-refractivity contribution in [1.82, 2.24) is 9.21 Å². The molecule has 2 aromatic carbocycles. The van der Waals surface area contributed by atoms with Crippen molar-refractivity contribution < 1.29 is 23.1 Å². The lowest BCUT2D eigenvalue weighted by molar-refractivity contribution is 0.0696. The van der Waals surface area contributed by atoms with Gasteiger partial charge in [0.05, 0.1) is 10.5 Å². The van der Waals surface area contributed by atoms with E-state index in [1.807, 2.05) is 12.1 Å². The van der Waals surface area contributed by atoms with Crippen molar-refractivity contribution >= 4 is 16.0 Å². The molecule has 0 spiro atoms. The van der Waals surface area contributed by atoms with Crippen LogP contribution in [0.1, 0.15) is 54.4 Å². The topological polar surface area (TPSA) is 87.1 Å². The van der Waals surface area contributed by atoms with Crippen LogP contribution in [0, 0.1) is 0 Å². The summed E-state index contributed by atoms with van der Waals surface area (Å²) in [4.78, 5) is 14.0. The van der Waals surface area contributed by atoms with Crippen molar-refractivity contribution in [2.24, 2.45) is 0 Å². The van der Waals surface area contributed by atoms with Gasteiger partial charge >= 0.3 is 5.97 Å². The number of fused-ring (bicyclic) bond motifs is 3. The first-order valence-electron chi connectivity index (χ1n) is 12.2. The van der Waals surface area contributed by atoms with Crippen LogP contribution in [0.4, 0.5) is 0 Å². The highest BCUT2D eigenvalue weighted by Gasteiger charge is 2.26. The number of aromatic carboxylic acids is 1. The van der Waals surface area contributed by atoms with Gasteiger partial charge in [0.2, 0.25) is 10.0 Å². The van der Waals surface area contributed by atoms with Gasteiger partial charge in [0.1, 0.15) is 12.4 Å². The number of hydrogen-bond donors (Lipinski definition) is 1. The first kappa shape index (κ1) is 24.7. The Balaban J connectivity index is 1.55. The lowest BCUT2D eigenvalue weighted by atomic mass is 9.95. The van der Waals surface area contributed by atoms with Crippen molar-refractivity contribution in [2.45, 2.75) is 55.9 Å². The van der Waals surface area contributed by atoms with Gasteiger partial charge in [-0.3, -0.25) is 0 Å². The van der Waals surface area contributed by atoms with Crippen molar-refractivity contribution in [1.29, 1.82) is 0 Å². The molecule has 34 heavy (non-hydrogen) atoms. The van der Waals surface area contributed by atoms with E-state index in [4.69, 9.17) is 4.74 Å². The molecular formula is C26H34N2O5S. The largest absolute Gasteiger partial charge is 0.492 e. The Labute approximate surface area is 202 Å². The minimum Gasteiger partial charge on any atom is -0.492 e. The molecule has 7 nitrogen and oxygen atoms in total. The monoisotopic (exact) mass is 486 g/mol. The number of hydrogen-bond acceptors (Lipinski definition) is 5. The van der Waals surface area contributed by atoms with Crippen molar-refractivity contribution in [3.8, 4) is 5.75 Å². The number of sulfonamides is 1. The standard InChI is InChI=1S/C26H34N2O5S/c29-26(30)22-8-6-11-25(20-22)34(31,32)28-16-4-3-15-27-14-2-1-9-23(27)13-12-21-7-5-10-24(19-21)33-18-17-28/h5-8,10-11,19-20,23H,1-4,9,12-18H2,(H,29,30). The summed E-state index contributed by atoms with van der Waals surface area (Å²) in [5.74, 6) is -0.397. The predicted octanol–water partition coefficient (Wildman–Crippen LogP) is 4.04. The van der Waals surface area contributed by atoms with Crippen LogP contribution in [0.5, 0.6) is 5.75 Å². The van der Waals surface area contributed by atoms with Crippen molar-refractivity contribution in [2.75, 3.05) is 32.8 Å². The summed E-state index contributed by atoms with van der Waals surface area (Å²) in [5, 5.41) is 9.29. The molecule has 0 aliphatic carbocycles. The number of benzene rings is 2. The quantitative estimate of drug-likeness (QED) is 0.705. The maximum Gasteiger partial charge on any atom is 0.335 e. The molecular weight excluding hydrogens is 452 g/mol. The van der Waals surface area contributed by atoms with E-state index in [9.17, 15) is 18.3 Å². The summed E-state index contributed by atoms with van der Waals surface area (Å²) in [7, 11) is -3.85. The molecule has 1 atom stereocenters. The van der Waals surface area contributed by atoms with Gasteiger partial charge in [0.25, 0.3) is 0 Å². The highest BCUT2D eigenvalue weighted by atomic mass is 32.2. The van der Waals surface area contributed by atoms with E-state index in [0.29, 0.717) is 12.6 Å². The minimum absolute atomic E-state index is 0.00316. The number of piperidine rings is 1. The molecule has 0 radical (unpaired) electrons. The second-order valence-corrected chi connectivity index (χ2v) is 11.1. The maximum atomic E-state index is 13.4. The summed E-state index contributed by atoms with van der Waals surface area (Å²) in [6, 6.07) is 14.2. The number of aryl methyl sites for hydroxylation is 1. The average Bonchev–Trinajstić information content (AvgIpc) is 2.85. The molecule has 8 heteroatoms. The van der Waals surface area contributed by atoms with Gasteiger partial charge in [-0.25, -0.2) is 13.2 Å². The summed E-state index contributed by atoms with van der Waals surface area (Å²) in [6.07, 6.45) is 7.52. The molecule has 2 aliphatic rings. The van der Waals surface area contributed by atoms with E-state index >= 15 is 0 Å². The minimum atomic E-state index is -3.85. The molecule has 1 unspecified atom stereocenters. The van der Waals surface area contributed by atoms with Crippen LogP contribution in [-0.2, 0) is 16.4 Å². The highest BCUT2D eigenvalue weighted by Crippen LogP contribution is 2.24. The Morgan fingerprint density at radius 2 is 1.68 bits per heavy atom. The van der Waals surface area contributed by atoms with Gasteiger partial charge in [0.15, 0.2) is 0 Å². The van der Waals surface area contributed by atoms with Gasteiger partial charge in [-0.05, 0) is 87.5 Å². The van der Waals surface area contributed by atoms with Gasteiger partial charge in [-0.2, -0.15) is 4.31 Å². The Bertz CT molecular complexity index is 1090. The van der Waals surface area contributed by atoms with Gasteiger partial charge < -0.3 is 14.7 Å². The van der Waals surface area contributed by atoms with E-state index in [0.717, 1.165) is 44.5 Å². The van der Waals surface area contributed by atoms with Crippen LogP contribution in [0.2, 0.25) is 0 Å². The normalized spacial score (nSPS) is 21.5. The lowest BCUT2D eigenvalue weighted by Crippen LogP contribution is -2.40. The molecule has 2 aliphatic heterocycles. The number of carboxylic acid groups (broad SMARTS) is 1. The Morgan fingerprint density at radius 1 is 0.912 bits per heavy atom. The third-order valence-electron chi connectivity index (χ3n) is 6.84. The van der Waals surface area contributed by atoms with Crippen LogP contribution in [0.25, 0.3) is 0 Å². The fourth-order valence-corrected chi connectivity index (χ4v) is 6.47. The van der Waals surface area contributed by atoms with E-state index in [1.54, 1.807) is 0 Å². The molecule has 2 aromatic rings. The molecule has 1 N–H and O–H groups in total. The van der Waals surface area contributed by atoms with Crippen LogP contribution in [-0.4, -0.2) is 67.5 Å². The highest BCUT2D eigenvalue weighted by molar-refractivity contribution is 7.89. The fourth-order valence-electron chi connectivity index (χ4n) is 4.96. The van der Waals surface area contributed by atoms with Gasteiger partial charge in [-0.15, -0.1) is 0 Å². The summed E-state index contributed by atoms with van der Waals surface area (Å²) < 4.78 is 34.2. The number of carbonyl (C=O) groups is 1. The van der Waals surface area contributed by atoms with E-state index in [1.165, 1.54) is 53.4 Å². The Hall–Kier alpha value is -2.42. The molecule has 4 rings (SSSR count). The van der Waals surface area contributed by atoms with Crippen LogP contribution < -0.4 is 4.74 Å². The fraction of sp³-hybridized carbons (Fsp3) is 0.500. The molecule has 0 amide bonds. The van der Waals surface area contributed by atoms with Crippen LogP contribution in [0.15, 0.2) is 53.4 Å². The molecule has 1 saturated heterocycles.